The van der Waals surface area contributed by atoms with Gasteiger partial charge in [0.05, 0.1) is 0 Å². The van der Waals surface area contributed by atoms with Crippen LogP contribution in [-0.2, 0) is 3.83 Å². The van der Waals surface area contributed by atoms with Crippen LogP contribution in [0, 0.1) is 0 Å². The maximum Gasteiger partial charge on any atom is 2.00 e. The Balaban J connectivity index is 0. The van der Waals surface area contributed by atoms with E-state index in [-0.39, 0.29) is 23.9 Å². The maximum atomic E-state index is 8.54. The first-order valence-electron chi connectivity index (χ1n) is 0.500. The van der Waals surface area contributed by atoms with Crippen LogP contribution in [0.4, 0.5) is 0 Å². The molecular weight excluding hydrogens is 246 g/mol. The molecule has 0 amide bonds. The van der Waals surface area contributed by atoms with Gasteiger partial charge in [0, 0.05) is 0 Å². The predicted molar refractivity (Wildman–Crippen MR) is 12.2 cm³/mol. The van der Waals surface area contributed by atoms with E-state index in [0.717, 1.165) is 0 Å². The summed E-state index contributed by atoms with van der Waals surface area (Å²) in [5, 5.41) is 0. The first-order chi connectivity index (χ1) is 1.73. The Labute approximate surface area is 50.7 Å². The number of rotatable bonds is 0. The summed E-state index contributed by atoms with van der Waals surface area (Å²) < 4.78 is 25.6. The van der Waals surface area contributed by atoms with Crippen LogP contribution < -0.4 is 8.38 Å². The topological polar surface area (TPSA) is 63.2 Å². The summed E-state index contributed by atoms with van der Waals surface area (Å²) >= 11 is -3.79. The SMILES string of the molecule is O=[Se]([O-])[O-].[Sn+2]. The van der Waals surface area contributed by atoms with Crippen molar-refractivity contribution in [1.82, 2.24) is 0 Å². The van der Waals surface area contributed by atoms with Crippen LogP contribution in [-0.4, -0.2) is 38.4 Å². The largest absolute Gasteiger partial charge is 2.00 e. The standard InChI is InChI=1S/H2O3Se.Sn/c1-4(2)3;/h(H2,1,2,3);/q;+2/p-2. The van der Waals surface area contributed by atoms with Crippen LogP contribution in [0.25, 0.3) is 0 Å². The molecule has 5 heteroatoms. The molecule has 28 valence electrons. The van der Waals surface area contributed by atoms with Gasteiger partial charge in [-0.05, 0) is 0 Å². The average Bonchev–Trinajstić information content (AvgIpc) is 0.811. The van der Waals surface area contributed by atoms with E-state index in [1.54, 1.807) is 0 Å². The third-order valence-electron chi connectivity index (χ3n) is 0. The zero-order valence-electron chi connectivity index (χ0n) is 2.13. The Hall–Kier alpha value is 1.04. The van der Waals surface area contributed by atoms with E-state index in [0.29, 0.717) is 0 Å². The summed E-state index contributed by atoms with van der Waals surface area (Å²) in [4.78, 5) is 0. The van der Waals surface area contributed by atoms with Gasteiger partial charge in [-0.1, -0.05) is 0 Å². The molecule has 0 bridgehead atoms. The molecule has 0 aromatic heterocycles. The van der Waals surface area contributed by atoms with E-state index < -0.39 is 14.5 Å². The van der Waals surface area contributed by atoms with Gasteiger partial charge in [0.25, 0.3) is 0 Å². The molecule has 2 radical (unpaired) electrons. The summed E-state index contributed by atoms with van der Waals surface area (Å²) in [6.07, 6.45) is 0. The minimum Gasteiger partial charge on any atom is 2.00 e. The van der Waals surface area contributed by atoms with E-state index in [2.05, 4.69) is 0 Å². The van der Waals surface area contributed by atoms with Crippen LogP contribution >= 0.6 is 0 Å². The summed E-state index contributed by atoms with van der Waals surface area (Å²) in [5.41, 5.74) is 0. The molecule has 0 spiro atoms. The van der Waals surface area contributed by atoms with E-state index in [9.17, 15) is 0 Å². The normalized spacial score (nSPS) is 7.00. The molecular formula is O3SeSn. The van der Waals surface area contributed by atoms with Gasteiger partial charge < -0.3 is 0 Å². The second-order valence-corrected chi connectivity index (χ2v) is 1.06. The van der Waals surface area contributed by atoms with Crippen molar-refractivity contribution in [3.63, 3.8) is 0 Å². The monoisotopic (exact) mass is 248 g/mol. The van der Waals surface area contributed by atoms with Crippen LogP contribution in [0.15, 0.2) is 0 Å². The summed E-state index contributed by atoms with van der Waals surface area (Å²) in [6, 6.07) is 0. The predicted octanol–water partition coefficient (Wildman–Crippen LogP) is -3.26. The Bertz CT molecular complexity index is 29.9. The van der Waals surface area contributed by atoms with Crippen LogP contribution in [0.5, 0.6) is 0 Å². The van der Waals surface area contributed by atoms with Gasteiger partial charge >= 0.3 is 50.6 Å². The zero-order chi connectivity index (χ0) is 3.58. The summed E-state index contributed by atoms with van der Waals surface area (Å²) in [7, 11) is 0. The van der Waals surface area contributed by atoms with Gasteiger partial charge in [0.15, 0.2) is 0 Å². The Morgan fingerprint density at radius 3 is 1.40 bits per heavy atom. The molecule has 0 fully saturated rings. The van der Waals surface area contributed by atoms with Crippen molar-refractivity contribution in [2.75, 3.05) is 0 Å². The van der Waals surface area contributed by atoms with Crippen molar-refractivity contribution < 1.29 is 12.2 Å². The summed E-state index contributed by atoms with van der Waals surface area (Å²) in [6.45, 7) is 0. The van der Waals surface area contributed by atoms with Crippen LogP contribution in [0.2, 0.25) is 0 Å². The molecule has 0 rings (SSSR count). The van der Waals surface area contributed by atoms with Crippen molar-refractivity contribution in [2.24, 2.45) is 0 Å². The van der Waals surface area contributed by atoms with Crippen molar-refractivity contribution >= 4 is 38.4 Å². The molecule has 0 aliphatic carbocycles. The quantitative estimate of drug-likeness (QED) is 0.421. The van der Waals surface area contributed by atoms with Crippen LogP contribution in [0.3, 0.4) is 0 Å². The fourth-order valence-corrected chi connectivity index (χ4v) is 0. The van der Waals surface area contributed by atoms with Crippen molar-refractivity contribution in [3.05, 3.63) is 0 Å². The molecule has 5 heavy (non-hydrogen) atoms. The van der Waals surface area contributed by atoms with E-state index in [1.807, 2.05) is 0 Å². The molecule has 0 heterocycles. The fourth-order valence-electron chi connectivity index (χ4n) is 0. The van der Waals surface area contributed by atoms with Crippen LogP contribution in [0.1, 0.15) is 0 Å². The smallest absolute Gasteiger partial charge is 2.00 e. The molecule has 0 aromatic carbocycles. The Morgan fingerprint density at radius 1 is 1.40 bits per heavy atom. The van der Waals surface area contributed by atoms with Gasteiger partial charge in [0.1, 0.15) is 0 Å². The average molecular weight is 246 g/mol. The first kappa shape index (κ1) is 9.40. The molecule has 0 aliphatic heterocycles. The van der Waals surface area contributed by atoms with Gasteiger partial charge in [0.2, 0.25) is 0 Å². The van der Waals surface area contributed by atoms with Gasteiger partial charge in [-0.3, -0.25) is 0 Å². The molecule has 3 nitrogen and oxygen atoms in total. The fraction of sp³-hybridized carbons (Fsp3) is 0. The third kappa shape index (κ3) is 43.1. The molecule has 0 saturated heterocycles. The van der Waals surface area contributed by atoms with E-state index in [1.165, 1.54) is 0 Å². The summed E-state index contributed by atoms with van der Waals surface area (Å²) in [5.74, 6) is 0. The molecule has 0 atom stereocenters. The third-order valence-corrected chi connectivity index (χ3v) is 0. The minimum absolute atomic E-state index is 0. The first-order valence-corrected chi connectivity index (χ1v) is 2.60. The molecule has 0 unspecified atom stereocenters. The number of hydrogen-bond donors (Lipinski definition) is 0. The molecule has 0 N–H and O–H groups in total. The van der Waals surface area contributed by atoms with Gasteiger partial charge in [-0.15, -0.1) is 0 Å². The van der Waals surface area contributed by atoms with E-state index in [4.69, 9.17) is 12.2 Å². The molecule has 0 saturated carbocycles. The van der Waals surface area contributed by atoms with Gasteiger partial charge in [-0.25, -0.2) is 0 Å². The van der Waals surface area contributed by atoms with Gasteiger partial charge in [-0.2, -0.15) is 0 Å². The number of hydrogen-bond acceptors (Lipinski definition) is 3. The van der Waals surface area contributed by atoms with Crippen molar-refractivity contribution in [2.45, 2.75) is 0 Å². The maximum absolute atomic E-state index is 8.54. The minimum atomic E-state index is -3.79. The second-order valence-electron chi connectivity index (χ2n) is 0.204. The van der Waals surface area contributed by atoms with Crippen molar-refractivity contribution in [1.29, 1.82) is 0 Å². The second kappa shape index (κ2) is 5.04. The van der Waals surface area contributed by atoms with Crippen molar-refractivity contribution in [3.8, 4) is 0 Å². The zero-order valence-corrected chi connectivity index (χ0v) is 6.70. The molecule has 0 aliphatic rings. The Kier molecular flexibility index (Phi) is 9.47. The molecule has 0 aromatic rings. The Morgan fingerprint density at radius 2 is 1.40 bits per heavy atom. The van der Waals surface area contributed by atoms with E-state index >= 15 is 0 Å².